The second-order valence-corrected chi connectivity index (χ2v) is 16.5. The molecule has 0 spiro atoms. The van der Waals surface area contributed by atoms with E-state index in [0.29, 0.717) is 34.4 Å². The van der Waals surface area contributed by atoms with E-state index < -0.39 is 29.2 Å². The second kappa shape index (κ2) is 15.1. The standard InChI is InChI=1S/C44H60O7/c1-10-12-14-16-27-21-32(45)39-34(22-27)51-44(8,9)31-24-35(43(6,7)41(48)38(31)39)50-42(49)36-28(17-15-13-11-2)23-33(46)37(40(36)47)30-20-26(5)18-19-29(30)25(3)4/h20-23,29-30,35,41,45-48H,3,10-19,24H2,1-2,4-9H3/t29-,30+,35?,41?/m0/s1. The van der Waals surface area contributed by atoms with Gasteiger partial charge in [-0.1, -0.05) is 77.2 Å². The van der Waals surface area contributed by atoms with Crippen LogP contribution in [0.1, 0.15) is 152 Å². The summed E-state index contributed by atoms with van der Waals surface area (Å²) in [6, 6.07) is 5.39. The first kappa shape index (κ1) is 38.5. The minimum Gasteiger partial charge on any atom is -0.507 e. The molecule has 3 aliphatic rings. The molecule has 51 heavy (non-hydrogen) atoms. The highest BCUT2D eigenvalue weighted by molar-refractivity contribution is 5.96. The maximum absolute atomic E-state index is 14.5. The number of aliphatic hydroxyl groups is 1. The van der Waals surface area contributed by atoms with E-state index in [0.717, 1.165) is 80.1 Å². The fourth-order valence-corrected chi connectivity index (χ4v) is 8.53. The van der Waals surface area contributed by atoms with Crippen molar-refractivity contribution in [1.29, 1.82) is 0 Å². The monoisotopic (exact) mass is 700 g/mol. The highest BCUT2D eigenvalue weighted by atomic mass is 16.5. The van der Waals surface area contributed by atoms with Crippen LogP contribution in [0.25, 0.3) is 5.57 Å². The molecule has 278 valence electrons. The van der Waals surface area contributed by atoms with E-state index in [9.17, 15) is 25.2 Å². The number of unbranched alkanes of at least 4 members (excludes halogenated alkanes) is 4. The minimum atomic E-state index is -1.09. The first-order chi connectivity index (χ1) is 24.0. The van der Waals surface area contributed by atoms with Gasteiger partial charge in [0.1, 0.15) is 40.3 Å². The molecule has 1 aliphatic heterocycles. The molecule has 7 heteroatoms. The number of esters is 1. The van der Waals surface area contributed by atoms with Crippen LogP contribution in [0.5, 0.6) is 23.0 Å². The van der Waals surface area contributed by atoms with Gasteiger partial charge >= 0.3 is 5.97 Å². The third-order valence-corrected chi connectivity index (χ3v) is 11.7. The Morgan fingerprint density at radius 1 is 0.980 bits per heavy atom. The Balaban J connectivity index is 1.56. The normalized spacial score (nSPS) is 23.5. The van der Waals surface area contributed by atoms with E-state index in [-0.39, 0.29) is 41.1 Å². The van der Waals surface area contributed by atoms with Crippen molar-refractivity contribution >= 4 is 11.5 Å². The van der Waals surface area contributed by atoms with Crippen molar-refractivity contribution in [3.63, 3.8) is 0 Å². The fraction of sp³-hybridized carbons (Fsp3) is 0.568. The van der Waals surface area contributed by atoms with Gasteiger partial charge in [-0.05, 0) is 113 Å². The van der Waals surface area contributed by atoms with Gasteiger partial charge in [-0.3, -0.25) is 0 Å². The Bertz CT molecular complexity index is 1730. The Kier molecular flexibility index (Phi) is 11.4. The van der Waals surface area contributed by atoms with E-state index in [4.69, 9.17) is 9.47 Å². The van der Waals surface area contributed by atoms with Crippen LogP contribution in [0, 0.1) is 11.3 Å². The lowest BCUT2D eigenvalue weighted by Gasteiger charge is -2.49. The van der Waals surface area contributed by atoms with Crippen LogP contribution in [-0.4, -0.2) is 44.2 Å². The SMILES string of the molecule is C=C(C)[C@@H]1CCC(C)=C[C@H]1c1c(O)cc(CCCCC)c(C(=O)OC2CC3=C(c4c(O)cc(CCCCC)cc4OC3(C)C)C(O)C2(C)C)c1O. The number of phenolic OH excluding ortho intramolecular Hbond substituents is 3. The van der Waals surface area contributed by atoms with Gasteiger partial charge in [-0.15, -0.1) is 0 Å². The zero-order valence-electron chi connectivity index (χ0n) is 32.1. The molecule has 0 radical (unpaired) electrons. The highest BCUT2D eigenvalue weighted by Gasteiger charge is 2.52. The van der Waals surface area contributed by atoms with Crippen LogP contribution < -0.4 is 4.74 Å². The molecule has 2 aromatic carbocycles. The first-order valence-electron chi connectivity index (χ1n) is 19.1. The van der Waals surface area contributed by atoms with Gasteiger partial charge in [0, 0.05) is 23.3 Å². The molecule has 0 saturated heterocycles. The van der Waals surface area contributed by atoms with E-state index in [1.807, 2.05) is 47.6 Å². The van der Waals surface area contributed by atoms with Crippen molar-refractivity contribution in [2.24, 2.45) is 11.3 Å². The summed E-state index contributed by atoms with van der Waals surface area (Å²) in [4.78, 5) is 14.5. The number of hydrogen-bond acceptors (Lipinski definition) is 7. The number of hydrogen-bond donors (Lipinski definition) is 4. The van der Waals surface area contributed by atoms with Crippen molar-refractivity contribution in [3.8, 4) is 23.0 Å². The zero-order chi connectivity index (χ0) is 37.4. The van der Waals surface area contributed by atoms with Crippen molar-refractivity contribution in [2.75, 3.05) is 0 Å². The van der Waals surface area contributed by atoms with Crippen LogP contribution in [-0.2, 0) is 17.6 Å². The average Bonchev–Trinajstić information content (AvgIpc) is 3.03. The predicted molar refractivity (Wildman–Crippen MR) is 204 cm³/mol. The molecular weight excluding hydrogens is 640 g/mol. The zero-order valence-corrected chi connectivity index (χ0v) is 32.1. The number of aromatic hydroxyl groups is 3. The van der Waals surface area contributed by atoms with Crippen molar-refractivity contribution in [1.82, 2.24) is 0 Å². The van der Waals surface area contributed by atoms with Gasteiger partial charge in [0.05, 0.1) is 11.7 Å². The lowest BCUT2D eigenvalue weighted by atomic mass is 9.64. The lowest BCUT2D eigenvalue weighted by molar-refractivity contribution is -0.0555. The number of fused-ring (bicyclic) bond motifs is 2. The van der Waals surface area contributed by atoms with Crippen molar-refractivity contribution in [2.45, 2.75) is 150 Å². The van der Waals surface area contributed by atoms with Crippen molar-refractivity contribution < 1.29 is 34.7 Å². The van der Waals surface area contributed by atoms with Gasteiger partial charge in [0.25, 0.3) is 0 Å². The molecule has 5 rings (SSSR count). The Morgan fingerprint density at radius 2 is 1.65 bits per heavy atom. The third kappa shape index (κ3) is 7.46. The number of carbonyl (C=O) groups is 1. The molecule has 2 aliphatic carbocycles. The minimum absolute atomic E-state index is 0.00154. The van der Waals surface area contributed by atoms with Crippen LogP contribution in [0.2, 0.25) is 0 Å². The first-order valence-corrected chi connectivity index (χ1v) is 19.1. The maximum Gasteiger partial charge on any atom is 0.342 e. The van der Waals surface area contributed by atoms with E-state index in [2.05, 4.69) is 26.5 Å². The second-order valence-electron chi connectivity index (χ2n) is 16.5. The molecule has 4 N–H and O–H groups in total. The van der Waals surface area contributed by atoms with Gasteiger partial charge in [-0.25, -0.2) is 4.79 Å². The fourth-order valence-electron chi connectivity index (χ4n) is 8.53. The molecule has 2 unspecified atom stereocenters. The van der Waals surface area contributed by atoms with E-state index >= 15 is 0 Å². The van der Waals surface area contributed by atoms with Crippen LogP contribution in [0.3, 0.4) is 0 Å². The summed E-state index contributed by atoms with van der Waals surface area (Å²) in [7, 11) is 0. The molecule has 0 bridgehead atoms. The molecule has 4 atom stereocenters. The molecule has 0 amide bonds. The largest absolute Gasteiger partial charge is 0.507 e. The van der Waals surface area contributed by atoms with Gasteiger partial charge < -0.3 is 29.9 Å². The summed E-state index contributed by atoms with van der Waals surface area (Å²) in [6.45, 7) is 20.1. The number of rotatable bonds is 12. The van der Waals surface area contributed by atoms with Crippen LogP contribution in [0.4, 0.5) is 0 Å². The maximum atomic E-state index is 14.5. The van der Waals surface area contributed by atoms with E-state index in [1.165, 1.54) is 0 Å². The summed E-state index contributed by atoms with van der Waals surface area (Å²) in [5.41, 5.74) is 4.12. The number of aryl methyl sites for hydroxylation is 2. The number of carbonyl (C=O) groups excluding carboxylic acids is 1. The Hall–Kier alpha value is -3.71. The smallest absolute Gasteiger partial charge is 0.342 e. The summed E-state index contributed by atoms with van der Waals surface area (Å²) in [6.07, 6.45) is 9.44. The number of ether oxygens (including phenoxy) is 2. The quantitative estimate of drug-likeness (QED) is 0.0989. The number of benzene rings is 2. The van der Waals surface area contributed by atoms with Crippen molar-refractivity contribution in [3.05, 3.63) is 75.4 Å². The van der Waals surface area contributed by atoms with Gasteiger partial charge in [0.2, 0.25) is 0 Å². The molecule has 0 saturated carbocycles. The van der Waals surface area contributed by atoms with E-state index in [1.54, 1.807) is 12.1 Å². The molecule has 0 aromatic heterocycles. The average molecular weight is 701 g/mol. The number of phenols is 3. The molecule has 7 nitrogen and oxygen atoms in total. The molecule has 0 fully saturated rings. The predicted octanol–water partition coefficient (Wildman–Crippen LogP) is 10.2. The number of aliphatic hydroxyl groups excluding tert-OH is 1. The molecular formula is C44H60O7. The summed E-state index contributed by atoms with van der Waals surface area (Å²) < 4.78 is 12.9. The van der Waals surface area contributed by atoms with Gasteiger partial charge in [-0.2, -0.15) is 0 Å². The summed E-state index contributed by atoms with van der Waals surface area (Å²) in [5.74, 6) is -0.690. The lowest BCUT2D eigenvalue weighted by Crippen LogP contribution is -2.51. The number of allylic oxidation sites excluding steroid dienone is 3. The Labute approximate surface area is 305 Å². The topological polar surface area (TPSA) is 116 Å². The van der Waals surface area contributed by atoms with Crippen LogP contribution >= 0.6 is 0 Å². The van der Waals surface area contributed by atoms with Crippen LogP contribution in [0.15, 0.2) is 47.6 Å². The highest BCUT2D eigenvalue weighted by Crippen LogP contribution is 2.56. The molecule has 2 aromatic rings. The summed E-state index contributed by atoms with van der Waals surface area (Å²) in [5, 5.41) is 46.9. The Morgan fingerprint density at radius 3 is 2.29 bits per heavy atom. The molecule has 1 heterocycles. The summed E-state index contributed by atoms with van der Waals surface area (Å²) >= 11 is 0. The van der Waals surface area contributed by atoms with Gasteiger partial charge in [0.15, 0.2) is 0 Å². The third-order valence-electron chi connectivity index (χ3n) is 11.7.